The molecular weight excluding hydrogens is 266 g/mol. The lowest BCUT2D eigenvalue weighted by molar-refractivity contribution is -0.171. The number of ether oxygens (including phenoxy) is 1. The van der Waals surface area contributed by atoms with Gasteiger partial charge in [0.2, 0.25) is 0 Å². The molecule has 0 unspecified atom stereocenters. The third-order valence-electron chi connectivity index (χ3n) is 3.70. The average molecular weight is 287 g/mol. The number of hydrogen-bond acceptors (Lipinski definition) is 3. The van der Waals surface area contributed by atoms with Crippen LogP contribution in [0.2, 0.25) is 0 Å². The van der Waals surface area contributed by atoms with Crippen LogP contribution in [0.25, 0.3) is 10.9 Å². The molecule has 21 heavy (non-hydrogen) atoms. The first-order valence-corrected chi connectivity index (χ1v) is 7.19. The van der Waals surface area contributed by atoms with Crippen molar-refractivity contribution < 1.29 is 9.53 Å². The first-order chi connectivity index (χ1) is 9.77. The van der Waals surface area contributed by atoms with E-state index in [1.807, 2.05) is 50.8 Å². The number of H-pyrrole nitrogens is 1. The molecular formula is C16H21N3O2. The molecule has 0 aliphatic carbocycles. The quantitative estimate of drug-likeness (QED) is 0.877. The molecule has 1 aliphatic heterocycles. The number of carbonyl (C=O) groups is 1. The maximum absolute atomic E-state index is 12.9. The number of amides is 1. The molecule has 0 spiro atoms. The van der Waals surface area contributed by atoms with Crippen LogP contribution < -0.4 is 0 Å². The lowest BCUT2D eigenvalue weighted by atomic mass is 9.97. The van der Waals surface area contributed by atoms with E-state index in [2.05, 4.69) is 10.2 Å². The van der Waals surface area contributed by atoms with E-state index in [0.29, 0.717) is 18.7 Å². The monoisotopic (exact) mass is 287 g/mol. The summed E-state index contributed by atoms with van der Waals surface area (Å²) in [6, 6.07) is 5.66. The van der Waals surface area contributed by atoms with Crippen molar-refractivity contribution in [1.29, 1.82) is 0 Å². The second-order valence-electron chi connectivity index (χ2n) is 6.92. The molecule has 1 aromatic carbocycles. The Morgan fingerprint density at radius 3 is 2.57 bits per heavy atom. The molecule has 0 saturated carbocycles. The standard InChI is InChI=1S/C16H21N3O2/c1-15(2)9-19(10-16(3,4)21-15)14(20)11-6-5-7-13-12(11)8-17-18-13/h5-8H,9-10H2,1-4H3,(H,17,18). The van der Waals surface area contributed by atoms with Gasteiger partial charge < -0.3 is 9.64 Å². The van der Waals surface area contributed by atoms with E-state index in [9.17, 15) is 4.79 Å². The molecule has 0 atom stereocenters. The largest absolute Gasteiger partial charge is 0.366 e. The van der Waals surface area contributed by atoms with Gasteiger partial charge in [-0.25, -0.2) is 0 Å². The van der Waals surface area contributed by atoms with Crippen molar-refractivity contribution in [1.82, 2.24) is 15.1 Å². The lowest BCUT2D eigenvalue weighted by Gasteiger charge is -2.47. The summed E-state index contributed by atoms with van der Waals surface area (Å²) >= 11 is 0. The molecule has 1 N–H and O–H groups in total. The van der Waals surface area contributed by atoms with E-state index >= 15 is 0 Å². The Hall–Kier alpha value is -1.88. The third-order valence-corrected chi connectivity index (χ3v) is 3.70. The van der Waals surface area contributed by atoms with Crippen molar-refractivity contribution in [3.63, 3.8) is 0 Å². The Bertz CT molecular complexity index is 672. The van der Waals surface area contributed by atoms with E-state index in [0.717, 1.165) is 10.9 Å². The number of hydrogen-bond donors (Lipinski definition) is 1. The Morgan fingerprint density at radius 1 is 1.24 bits per heavy atom. The maximum atomic E-state index is 12.9. The fourth-order valence-corrected chi connectivity index (χ4v) is 3.26. The van der Waals surface area contributed by atoms with Crippen LogP contribution in [-0.2, 0) is 4.74 Å². The van der Waals surface area contributed by atoms with Crippen molar-refractivity contribution in [3.8, 4) is 0 Å². The molecule has 5 nitrogen and oxygen atoms in total. The van der Waals surface area contributed by atoms with Crippen LogP contribution in [0.4, 0.5) is 0 Å². The molecule has 0 bridgehead atoms. The second kappa shape index (κ2) is 4.56. The maximum Gasteiger partial charge on any atom is 0.254 e. The normalized spacial score (nSPS) is 20.7. The predicted molar refractivity (Wildman–Crippen MR) is 81.2 cm³/mol. The number of nitrogens with zero attached hydrogens (tertiary/aromatic N) is 2. The van der Waals surface area contributed by atoms with Crippen LogP contribution in [0, 0.1) is 0 Å². The highest BCUT2D eigenvalue weighted by Crippen LogP contribution is 2.29. The topological polar surface area (TPSA) is 58.2 Å². The molecule has 112 valence electrons. The number of benzene rings is 1. The van der Waals surface area contributed by atoms with Crippen molar-refractivity contribution in [2.45, 2.75) is 38.9 Å². The summed E-state index contributed by atoms with van der Waals surface area (Å²) in [5.74, 6) is 0.0338. The smallest absolute Gasteiger partial charge is 0.254 e. The van der Waals surface area contributed by atoms with Crippen molar-refractivity contribution in [3.05, 3.63) is 30.0 Å². The molecule has 1 saturated heterocycles. The van der Waals surface area contributed by atoms with E-state index in [4.69, 9.17) is 4.74 Å². The Kier molecular flexibility index (Phi) is 3.06. The molecule has 5 heteroatoms. The van der Waals surface area contributed by atoms with Gasteiger partial charge in [0.15, 0.2) is 0 Å². The first-order valence-electron chi connectivity index (χ1n) is 7.19. The molecule has 0 radical (unpaired) electrons. The highest BCUT2D eigenvalue weighted by atomic mass is 16.5. The summed E-state index contributed by atoms with van der Waals surface area (Å²) in [7, 11) is 0. The summed E-state index contributed by atoms with van der Waals surface area (Å²) in [5, 5.41) is 7.80. The van der Waals surface area contributed by atoms with Crippen LogP contribution in [0.15, 0.2) is 24.4 Å². The van der Waals surface area contributed by atoms with Crippen LogP contribution in [0.3, 0.4) is 0 Å². The zero-order valence-corrected chi connectivity index (χ0v) is 12.9. The van der Waals surface area contributed by atoms with E-state index in [1.165, 1.54) is 0 Å². The number of carbonyl (C=O) groups excluding carboxylic acids is 1. The number of aromatic nitrogens is 2. The van der Waals surface area contributed by atoms with Crippen LogP contribution in [-0.4, -0.2) is 45.3 Å². The van der Waals surface area contributed by atoms with Crippen LogP contribution >= 0.6 is 0 Å². The minimum atomic E-state index is -0.346. The summed E-state index contributed by atoms with van der Waals surface area (Å²) in [4.78, 5) is 14.8. The predicted octanol–water partition coefficient (Wildman–Crippen LogP) is 2.59. The summed E-state index contributed by atoms with van der Waals surface area (Å²) in [5.41, 5.74) is 0.881. The zero-order chi connectivity index (χ0) is 15.3. The summed E-state index contributed by atoms with van der Waals surface area (Å²) in [6.45, 7) is 9.26. The van der Waals surface area contributed by atoms with Gasteiger partial charge in [0.1, 0.15) is 0 Å². The summed E-state index contributed by atoms with van der Waals surface area (Å²) in [6.07, 6.45) is 1.71. The van der Waals surface area contributed by atoms with Gasteiger partial charge in [-0.3, -0.25) is 9.89 Å². The van der Waals surface area contributed by atoms with Crippen molar-refractivity contribution in [2.75, 3.05) is 13.1 Å². The summed E-state index contributed by atoms with van der Waals surface area (Å²) < 4.78 is 6.04. The van der Waals surface area contributed by atoms with E-state index in [-0.39, 0.29) is 17.1 Å². The first kappa shape index (κ1) is 14.1. The molecule has 3 rings (SSSR count). The van der Waals surface area contributed by atoms with Gasteiger partial charge in [-0.05, 0) is 39.8 Å². The molecule has 1 fully saturated rings. The Labute approximate surface area is 124 Å². The number of morpholine rings is 1. The molecule has 2 aromatic rings. The molecule has 1 aliphatic rings. The van der Waals surface area contributed by atoms with E-state index < -0.39 is 0 Å². The average Bonchev–Trinajstić information content (AvgIpc) is 2.82. The fraction of sp³-hybridized carbons (Fsp3) is 0.500. The van der Waals surface area contributed by atoms with E-state index in [1.54, 1.807) is 6.20 Å². The van der Waals surface area contributed by atoms with Gasteiger partial charge in [0.05, 0.1) is 28.5 Å². The number of rotatable bonds is 1. The van der Waals surface area contributed by atoms with Crippen LogP contribution in [0.5, 0.6) is 0 Å². The second-order valence-corrected chi connectivity index (χ2v) is 6.92. The Balaban J connectivity index is 1.96. The third kappa shape index (κ3) is 2.65. The highest BCUT2D eigenvalue weighted by molar-refractivity contribution is 6.06. The van der Waals surface area contributed by atoms with Gasteiger partial charge in [-0.1, -0.05) is 6.07 Å². The number of aromatic amines is 1. The fourth-order valence-electron chi connectivity index (χ4n) is 3.26. The SMILES string of the molecule is CC1(C)CN(C(=O)c2cccc3[nH]ncc23)CC(C)(C)O1. The van der Waals surface area contributed by atoms with Crippen molar-refractivity contribution in [2.24, 2.45) is 0 Å². The zero-order valence-electron chi connectivity index (χ0n) is 12.9. The minimum absolute atomic E-state index is 0.0338. The lowest BCUT2D eigenvalue weighted by Crippen LogP contribution is -2.58. The highest BCUT2D eigenvalue weighted by Gasteiger charge is 2.40. The van der Waals surface area contributed by atoms with Gasteiger partial charge in [-0.15, -0.1) is 0 Å². The number of nitrogens with one attached hydrogen (secondary N) is 1. The molecule has 2 heterocycles. The van der Waals surface area contributed by atoms with Gasteiger partial charge in [-0.2, -0.15) is 5.10 Å². The minimum Gasteiger partial charge on any atom is -0.366 e. The number of fused-ring (bicyclic) bond motifs is 1. The molecule has 1 amide bonds. The Morgan fingerprint density at radius 2 is 1.90 bits per heavy atom. The van der Waals surface area contributed by atoms with Gasteiger partial charge in [0, 0.05) is 18.5 Å². The van der Waals surface area contributed by atoms with Crippen LogP contribution in [0.1, 0.15) is 38.1 Å². The van der Waals surface area contributed by atoms with Crippen molar-refractivity contribution >= 4 is 16.8 Å². The molecule has 1 aromatic heterocycles. The van der Waals surface area contributed by atoms with Gasteiger partial charge in [0.25, 0.3) is 5.91 Å². The van der Waals surface area contributed by atoms with Gasteiger partial charge >= 0.3 is 0 Å².